The number of aliphatic hydroxyl groups is 1. The molecule has 1 atom stereocenters. The molecule has 0 fully saturated rings. The van der Waals surface area contributed by atoms with E-state index in [1.807, 2.05) is 0 Å². The smallest absolute Gasteiger partial charge is 0.0707 e. The summed E-state index contributed by atoms with van der Waals surface area (Å²) in [5.74, 6) is 0. The SMILES string of the molecule is CN([O-])C(N)CO. The molecular formula is C3H9N2O2-. The van der Waals surface area contributed by atoms with E-state index < -0.39 is 6.17 Å². The molecule has 0 saturated heterocycles. The Morgan fingerprint density at radius 2 is 2.43 bits per heavy atom. The molecule has 0 aliphatic rings. The fourth-order valence-corrected chi connectivity index (χ4v) is 0.115. The monoisotopic (exact) mass is 105 g/mol. The van der Waals surface area contributed by atoms with Gasteiger partial charge in [-0.25, -0.2) is 0 Å². The van der Waals surface area contributed by atoms with Crippen LogP contribution in [0.3, 0.4) is 0 Å². The molecule has 0 saturated carbocycles. The van der Waals surface area contributed by atoms with Gasteiger partial charge in [0.15, 0.2) is 0 Å². The summed E-state index contributed by atoms with van der Waals surface area (Å²) in [6.45, 7) is -0.292. The van der Waals surface area contributed by atoms with Gasteiger partial charge in [0.2, 0.25) is 0 Å². The molecule has 4 nitrogen and oxygen atoms in total. The third-order valence-corrected chi connectivity index (χ3v) is 0.654. The number of rotatable bonds is 2. The summed E-state index contributed by atoms with van der Waals surface area (Å²) in [6, 6.07) is 0. The topological polar surface area (TPSA) is 72.5 Å². The van der Waals surface area contributed by atoms with Gasteiger partial charge in [-0.15, -0.1) is 0 Å². The molecule has 0 aromatic carbocycles. The van der Waals surface area contributed by atoms with Gasteiger partial charge in [0, 0.05) is 0 Å². The minimum Gasteiger partial charge on any atom is -0.784 e. The van der Waals surface area contributed by atoms with Crippen LogP contribution >= 0.6 is 0 Å². The predicted molar refractivity (Wildman–Crippen MR) is 26.2 cm³/mol. The van der Waals surface area contributed by atoms with Gasteiger partial charge in [0.25, 0.3) is 0 Å². The summed E-state index contributed by atoms with van der Waals surface area (Å²) in [5, 5.41) is 18.6. The molecule has 0 radical (unpaired) electrons. The van der Waals surface area contributed by atoms with Crippen LogP contribution in [0.1, 0.15) is 0 Å². The number of nitrogens with two attached hydrogens (primary N) is 1. The van der Waals surface area contributed by atoms with Crippen molar-refractivity contribution in [1.82, 2.24) is 5.06 Å². The molecule has 0 heterocycles. The Balaban J connectivity index is 3.14. The average molecular weight is 105 g/mol. The predicted octanol–water partition coefficient (Wildman–Crippen LogP) is -1.31. The molecule has 0 amide bonds. The van der Waals surface area contributed by atoms with E-state index in [2.05, 4.69) is 0 Å². The number of aliphatic hydroxyl groups excluding tert-OH is 1. The van der Waals surface area contributed by atoms with Crippen LogP contribution in [0, 0.1) is 5.21 Å². The molecule has 0 aromatic heterocycles. The van der Waals surface area contributed by atoms with Gasteiger partial charge >= 0.3 is 0 Å². The lowest BCUT2D eigenvalue weighted by Crippen LogP contribution is -2.38. The normalized spacial score (nSPS) is 15.0. The van der Waals surface area contributed by atoms with Crippen molar-refractivity contribution in [2.24, 2.45) is 5.73 Å². The van der Waals surface area contributed by atoms with E-state index in [4.69, 9.17) is 10.8 Å². The highest BCUT2D eigenvalue weighted by molar-refractivity contribution is 4.57. The van der Waals surface area contributed by atoms with E-state index in [1.54, 1.807) is 0 Å². The summed E-state index contributed by atoms with van der Waals surface area (Å²) in [6.07, 6.45) is -0.764. The number of hydrogen-bond donors (Lipinski definition) is 2. The number of nitrogens with zero attached hydrogens (tertiary/aromatic N) is 1. The van der Waals surface area contributed by atoms with Crippen molar-refractivity contribution in [3.63, 3.8) is 0 Å². The summed E-state index contributed by atoms with van der Waals surface area (Å²) < 4.78 is 0. The lowest BCUT2D eigenvalue weighted by atomic mass is 10.6. The van der Waals surface area contributed by atoms with Crippen molar-refractivity contribution in [1.29, 1.82) is 0 Å². The fourth-order valence-electron chi connectivity index (χ4n) is 0.115. The Bertz CT molecular complexity index is 48.2. The molecule has 0 spiro atoms. The molecule has 44 valence electrons. The summed E-state index contributed by atoms with van der Waals surface area (Å²) >= 11 is 0. The van der Waals surface area contributed by atoms with Gasteiger partial charge in [0.1, 0.15) is 0 Å². The number of likely N-dealkylation sites (N-methyl/N-ethyl adjacent to an activating group) is 1. The minimum absolute atomic E-state index is 0.292. The lowest BCUT2D eigenvalue weighted by Gasteiger charge is -2.27. The highest BCUT2D eigenvalue weighted by Crippen LogP contribution is 1.79. The van der Waals surface area contributed by atoms with Crippen molar-refractivity contribution in [3.8, 4) is 0 Å². The van der Waals surface area contributed by atoms with E-state index in [1.165, 1.54) is 7.05 Å². The van der Waals surface area contributed by atoms with Crippen LogP contribution in [0.25, 0.3) is 0 Å². The quantitative estimate of drug-likeness (QED) is 0.338. The van der Waals surface area contributed by atoms with Crippen LogP contribution < -0.4 is 5.73 Å². The zero-order valence-electron chi connectivity index (χ0n) is 4.16. The third kappa shape index (κ3) is 2.52. The fraction of sp³-hybridized carbons (Fsp3) is 1.00. The van der Waals surface area contributed by atoms with Crippen LogP contribution in [0.4, 0.5) is 0 Å². The van der Waals surface area contributed by atoms with Gasteiger partial charge in [-0.3, -0.25) is 0 Å². The molecule has 0 bridgehead atoms. The Labute approximate surface area is 42.1 Å². The summed E-state index contributed by atoms with van der Waals surface area (Å²) in [5.41, 5.74) is 4.98. The van der Waals surface area contributed by atoms with Gasteiger partial charge in [-0.2, -0.15) is 0 Å². The van der Waals surface area contributed by atoms with Crippen LogP contribution in [0.5, 0.6) is 0 Å². The molecule has 4 heteroatoms. The Hall–Kier alpha value is -0.160. The molecule has 7 heavy (non-hydrogen) atoms. The van der Waals surface area contributed by atoms with Crippen molar-refractivity contribution in [2.75, 3.05) is 13.7 Å². The first-order chi connectivity index (χ1) is 3.18. The lowest BCUT2D eigenvalue weighted by molar-refractivity contribution is 0.188. The van der Waals surface area contributed by atoms with E-state index in [9.17, 15) is 5.21 Å². The molecule has 1 unspecified atom stereocenters. The second kappa shape index (κ2) is 2.92. The van der Waals surface area contributed by atoms with Crippen LogP contribution in [0.15, 0.2) is 0 Å². The summed E-state index contributed by atoms with van der Waals surface area (Å²) in [7, 11) is 1.26. The van der Waals surface area contributed by atoms with Gasteiger partial charge in [-0.05, 0) is 7.05 Å². The van der Waals surface area contributed by atoms with Gasteiger partial charge < -0.3 is 21.1 Å². The molecule has 0 rings (SSSR count). The molecule has 3 N–H and O–H groups in total. The average Bonchev–Trinajstić information content (AvgIpc) is 1.65. The maximum atomic E-state index is 10.0. The van der Waals surface area contributed by atoms with Crippen LogP contribution in [0.2, 0.25) is 0 Å². The van der Waals surface area contributed by atoms with Gasteiger partial charge in [-0.1, -0.05) is 0 Å². The summed E-state index contributed by atoms with van der Waals surface area (Å²) in [4.78, 5) is 0. The van der Waals surface area contributed by atoms with Crippen molar-refractivity contribution in [3.05, 3.63) is 5.21 Å². The number of hydrogen-bond acceptors (Lipinski definition) is 4. The Morgan fingerprint density at radius 3 is 2.43 bits per heavy atom. The largest absolute Gasteiger partial charge is 0.784 e. The third-order valence-electron chi connectivity index (χ3n) is 0.654. The van der Waals surface area contributed by atoms with Crippen LogP contribution in [-0.4, -0.2) is 30.0 Å². The Kier molecular flexibility index (Phi) is 2.86. The minimum atomic E-state index is -0.764. The van der Waals surface area contributed by atoms with E-state index in [-0.39, 0.29) is 6.61 Å². The van der Waals surface area contributed by atoms with E-state index in [0.29, 0.717) is 5.06 Å². The standard InChI is InChI=1S/C3H9N2O2/c1-5(7)3(4)2-6/h3,6H,2,4H2,1H3/q-1. The van der Waals surface area contributed by atoms with Gasteiger partial charge in [0.05, 0.1) is 12.8 Å². The molecule has 0 aromatic rings. The Morgan fingerprint density at radius 1 is 2.00 bits per heavy atom. The second-order valence-electron chi connectivity index (χ2n) is 1.30. The first kappa shape index (κ1) is 6.84. The van der Waals surface area contributed by atoms with Crippen LogP contribution in [-0.2, 0) is 0 Å². The van der Waals surface area contributed by atoms with Crippen molar-refractivity contribution >= 4 is 0 Å². The maximum absolute atomic E-state index is 10.0. The molecular weight excluding hydrogens is 96.0 g/mol. The first-order valence-electron chi connectivity index (χ1n) is 1.95. The zero-order valence-corrected chi connectivity index (χ0v) is 4.16. The second-order valence-corrected chi connectivity index (χ2v) is 1.30. The highest BCUT2D eigenvalue weighted by atomic mass is 16.5. The van der Waals surface area contributed by atoms with E-state index >= 15 is 0 Å². The number of hydroxylamine groups is 2. The maximum Gasteiger partial charge on any atom is 0.0707 e. The zero-order chi connectivity index (χ0) is 5.86. The van der Waals surface area contributed by atoms with Crippen molar-refractivity contribution in [2.45, 2.75) is 6.17 Å². The first-order valence-corrected chi connectivity index (χ1v) is 1.95. The molecule has 0 aliphatic heterocycles. The van der Waals surface area contributed by atoms with Crippen molar-refractivity contribution < 1.29 is 5.11 Å². The van der Waals surface area contributed by atoms with E-state index in [0.717, 1.165) is 0 Å². The highest BCUT2D eigenvalue weighted by Gasteiger charge is 1.93. The molecule has 0 aliphatic carbocycles.